The Morgan fingerprint density at radius 3 is 2.30 bits per heavy atom. The highest BCUT2D eigenvalue weighted by molar-refractivity contribution is 7.75. The molecule has 1 heterocycles. The van der Waals surface area contributed by atoms with Gasteiger partial charge in [0.25, 0.3) is 0 Å². The van der Waals surface area contributed by atoms with Crippen molar-refractivity contribution < 1.29 is 19.3 Å². The van der Waals surface area contributed by atoms with Crippen molar-refractivity contribution in [2.24, 2.45) is 0 Å². The summed E-state index contributed by atoms with van der Waals surface area (Å²) in [7, 11) is -3.55. The maximum absolute atomic E-state index is 14.3. The minimum Gasteiger partial charge on any atom is -0.508 e. The summed E-state index contributed by atoms with van der Waals surface area (Å²) in [4.78, 5) is 0. The Balaban J connectivity index is 1.88. The van der Waals surface area contributed by atoms with Gasteiger partial charge in [0.1, 0.15) is 17.2 Å². The third-order valence-corrected chi connectivity index (χ3v) is 7.33. The highest BCUT2D eigenvalue weighted by atomic mass is 31.2. The SMILES string of the molecule is O=P1(c2cc(O)cc3ccc(O)cc23)Oc2ccccc2-c2ccccc21. The van der Waals surface area contributed by atoms with E-state index in [-0.39, 0.29) is 11.5 Å². The van der Waals surface area contributed by atoms with Crippen LogP contribution in [0.5, 0.6) is 17.2 Å². The minimum absolute atomic E-state index is 0.00152. The molecule has 0 radical (unpaired) electrons. The molecule has 0 saturated carbocycles. The molecule has 1 aliphatic heterocycles. The molecule has 0 spiro atoms. The molecule has 0 aliphatic carbocycles. The number of phenolic OH excluding ortho intramolecular Hbond substituents is 2. The summed E-state index contributed by atoms with van der Waals surface area (Å²) in [6.45, 7) is 0. The predicted octanol–water partition coefficient (Wildman–Crippen LogP) is 4.54. The highest BCUT2D eigenvalue weighted by Gasteiger charge is 2.39. The summed E-state index contributed by atoms with van der Waals surface area (Å²) in [6, 6.07) is 22.7. The summed E-state index contributed by atoms with van der Waals surface area (Å²) in [5.41, 5.74) is 1.73. The van der Waals surface area contributed by atoms with E-state index in [2.05, 4.69) is 0 Å². The molecule has 0 bridgehead atoms. The van der Waals surface area contributed by atoms with E-state index >= 15 is 0 Å². The van der Waals surface area contributed by atoms with E-state index < -0.39 is 7.37 Å². The lowest BCUT2D eigenvalue weighted by atomic mass is 10.0. The van der Waals surface area contributed by atoms with E-state index in [1.807, 2.05) is 36.4 Å². The lowest BCUT2D eigenvalue weighted by Crippen LogP contribution is -2.25. The number of hydrogen-bond donors (Lipinski definition) is 2. The standard InChI is InChI=1S/C22H15O4P/c23-15-10-9-14-11-16(24)13-22(19(14)12-15)27(25)21-8-4-2-6-18(21)17-5-1-3-7-20(17)26-27/h1-13,23-24H. The number of aromatic hydroxyl groups is 2. The molecule has 0 aromatic heterocycles. The van der Waals surface area contributed by atoms with Crippen LogP contribution in [0.15, 0.2) is 78.9 Å². The monoisotopic (exact) mass is 374 g/mol. The molecule has 0 fully saturated rings. The molecule has 1 unspecified atom stereocenters. The minimum atomic E-state index is -3.55. The topological polar surface area (TPSA) is 66.8 Å². The smallest absolute Gasteiger partial charge is 0.308 e. The predicted molar refractivity (Wildman–Crippen MR) is 107 cm³/mol. The first-order chi connectivity index (χ1) is 13.1. The van der Waals surface area contributed by atoms with E-state index in [1.165, 1.54) is 12.1 Å². The van der Waals surface area contributed by atoms with Crippen LogP contribution in [-0.2, 0) is 4.57 Å². The van der Waals surface area contributed by atoms with Crippen LogP contribution in [-0.4, -0.2) is 10.2 Å². The fraction of sp³-hybridized carbons (Fsp3) is 0. The van der Waals surface area contributed by atoms with Crippen LogP contribution in [0.4, 0.5) is 0 Å². The zero-order valence-electron chi connectivity index (χ0n) is 14.2. The zero-order valence-corrected chi connectivity index (χ0v) is 15.1. The largest absolute Gasteiger partial charge is 0.508 e. The van der Waals surface area contributed by atoms with Crippen molar-refractivity contribution in [3.05, 3.63) is 78.9 Å². The molecule has 4 aromatic rings. The highest BCUT2D eigenvalue weighted by Crippen LogP contribution is 2.55. The van der Waals surface area contributed by atoms with Crippen LogP contribution in [0, 0.1) is 0 Å². The molecular weight excluding hydrogens is 359 g/mol. The van der Waals surface area contributed by atoms with E-state index in [0.29, 0.717) is 27.1 Å². The Hall–Kier alpha value is -3.23. The van der Waals surface area contributed by atoms with Crippen LogP contribution in [0.3, 0.4) is 0 Å². The lowest BCUT2D eigenvalue weighted by Gasteiger charge is -2.29. The molecule has 0 saturated heterocycles. The molecule has 0 amide bonds. The maximum atomic E-state index is 14.3. The Morgan fingerprint density at radius 2 is 1.44 bits per heavy atom. The van der Waals surface area contributed by atoms with Gasteiger partial charge in [-0.05, 0) is 52.7 Å². The van der Waals surface area contributed by atoms with E-state index in [4.69, 9.17) is 4.52 Å². The number of hydrogen-bond acceptors (Lipinski definition) is 4. The van der Waals surface area contributed by atoms with Crippen LogP contribution in [0.1, 0.15) is 0 Å². The van der Waals surface area contributed by atoms with Crippen LogP contribution >= 0.6 is 7.37 Å². The van der Waals surface area contributed by atoms with Gasteiger partial charge in [-0.15, -0.1) is 0 Å². The Kier molecular flexibility index (Phi) is 3.33. The molecular formula is C22H15O4P. The van der Waals surface area contributed by atoms with Gasteiger partial charge in [-0.3, -0.25) is 4.57 Å². The molecule has 5 heteroatoms. The van der Waals surface area contributed by atoms with E-state index in [0.717, 1.165) is 11.1 Å². The first-order valence-electron chi connectivity index (χ1n) is 8.51. The summed E-state index contributed by atoms with van der Waals surface area (Å²) in [6.07, 6.45) is 0. The van der Waals surface area contributed by atoms with Gasteiger partial charge in [-0.2, -0.15) is 0 Å². The van der Waals surface area contributed by atoms with Gasteiger partial charge in [0, 0.05) is 5.56 Å². The Morgan fingerprint density at radius 1 is 0.704 bits per heavy atom. The van der Waals surface area contributed by atoms with Crippen molar-refractivity contribution in [2.75, 3.05) is 0 Å². The normalized spacial score (nSPS) is 17.8. The van der Waals surface area contributed by atoms with Crippen LogP contribution < -0.4 is 15.1 Å². The van der Waals surface area contributed by atoms with Crippen LogP contribution in [0.25, 0.3) is 21.9 Å². The van der Waals surface area contributed by atoms with Gasteiger partial charge in [0.05, 0.1) is 10.6 Å². The average molecular weight is 374 g/mol. The van der Waals surface area contributed by atoms with Crippen molar-refractivity contribution in [2.45, 2.75) is 0 Å². The van der Waals surface area contributed by atoms with E-state index in [9.17, 15) is 14.8 Å². The molecule has 1 aliphatic rings. The van der Waals surface area contributed by atoms with Gasteiger partial charge < -0.3 is 14.7 Å². The van der Waals surface area contributed by atoms with Gasteiger partial charge in [-0.25, -0.2) is 0 Å². The number of phenols is 2. The van der Waals surface area contributed by atoms with Crippen molar-refractivity contribution in [3.8, 4) is 28.4 Å². The summed E-state index contributed by atoms with van der Waals surface area (Å²) >= 11 is 0. The fourth-order valence-electron chi connectivity index (χ4n) is 3.65. The summed E-state index contributed by atoms with van der Waals surface area (Å²) in [5.74, 6) is 0.598. The number of benzene rings is 4. The molecule has 27 heavy (non-hydrogen) atoms. The van der Waals surface area contributed by atoms with E-state index in [1.54, 1.807) is 30.3 Å². The number of fused-ring (bicyclic) bond motifs is 4. The molecule has 4 aromatic carbocycles. The zero-order chi connectivity index (χ0) is 18.6. The molecule has 2 N–H and O–H groups in total. The van der Waals surface area contributed by atoms with Crippen LogP contribution in [0.2, 0.25) is 0 Å². The molecule has 1 atom stereocenters. The Labute approximate surface area is 155 Å². The number of rotatable bonds is 1. The van der Waals surface area contributed by atoms with Gasteiger partial charge in [-0.1, -0.05) is 42.5 Å². The third kappa shape index (κ3) is 2.34. The average Bonchev–Trinajstić information content (AvgIpc) is 2.68. The quantitative estimate of drug-likeness (QED) is 0.480. The lowest BCUT2D eigenvalue weighted by molar-refractivity contribution is 0.473. The van der Waals surface area contributed by atoms with Crippen molar-refractivity contribution in [1.29, 1.82) is 0 Å². The molecule has 4 nitrogen and oxygen atoms in total. The summed E-state index contributed by atoms with van der Waals surface area (Å²) in [5, 5.41) is 22.4. The van der Waals surface area contributed by atoms with Crippen molar-refractivity contribution >= 4 is 28.8 Å². The second-order valence-corrected chi connectivity index (χ2v) is 8.78. The summed E-state index contributed by atoms with van der Waals surface area (Å²) < 4.78 is 20.4. The second kappa shape index (κ2) is 5.63. The Bertz CT molecular complexity index is 1260. The molecule has 5 rings (SSSR count). The molecule has 132 valence electrons. The maximum Gasteiger partial charge on any atom is 0.308 e. The number of para-hydroxylation sites is 1. The first-order valence-corrected chi connectivity index (χ1v) is 10.1. The fourth-order valence-corrected chi connectivity index (χ4v) is 6.15. The third-order valence-electron chi connectivity index (χ3n) is 4.84. The second-order valence-electron chi connectivity index (χ2n) is 6.53. The van der Waals surface area contributed by atoms with Crippen molar-refractivity contribution in [1.82, 2.24) is 0 Å². The van der Waals surface area contributed by atoms with Gasteiger partial charge >= 0.3 is 7.37 Å². The van der Waals surface area contributed by atoms with Crippen molar-refractivity contribution in [3.63, 3.8) is 0 Å². The van der Waals surface area contributed by atoms with Gasteiger partial charge in [0.2, 0.25) is 0 Å². The van der Waals surface area contributed by atoms with Gasteiger partial charge in [0.15, 0.2) is 0 Å². The first kappa shape index (κ1) is 16.0.